The standard InChI is InChI=1S/C14H19NO5S/c1-19-12-4-2-3-5-13(12)20-9-14(16)15-8-11-6-7-21(17,18)10-11/h2-5,11H,6-10H2,1H3,(H,15,16)/t11-/m1/s1. The van der Waals surface area contributed by atoms with Crippen LogP contribution < -0.4 is 14.8 Å². The minimum absolute atomic E-state index is 0.00483. The molecule has 1 aliphatic heterocycles. The fourth-order valence-corrected chi connectivity index (χ4v) is 4.09. The summed E-state index contributed by atoms with van der Waals surface area (Å²) < 4.78 is 33.1. The van der Waals surface area contributed by atoms with E-state index in [-0.39, 0.29) is 29.9 Å². The van der Waals surface area contributed by atoms with Crippen LogP contribution in [0.4, 0.5) is 0 Å². The van der Waals surface area contributed by atoms with Crippen molar-refractivity contribution in [2.75, 3.05) is 31.8 Å². The second-order valence-corrected chi connectivity index (χ2v) is 7.24. The fourth-order valence-electron chi connectivity index (χ4n) is 2.22. The van der Waals surface area contributed by atoms with Crippen LogP contribution in [0.3, 0.4) is 0 Å². The van der Waals surface area contributed by atoms with Crippen molar-refractivity contribution in [2.24, 2.45) is 5.92 Å². The van der Waals surface area contributed by atoms with Gasteiger partial charge in [0.1, 0.15) is 0 Å². The molecule has 2 rings (SSSR count). The van der Waals surface area contributed by atoms with E-state index in [1.54, 1.807) is 18.2 Å². The van der Waals surface area contributed by atoms with Gasteiger partial charge >= 0.3 is 0 Å². The molecule has 1 aromatic rings. The van der Waals surface area contributed by atoms with Gasteiger partial charge in [-0.05, 0) is 24.5 Å². The van der Waals surface area contributed by atoms with E-state index in [1.165, 1.54) is 7.11 Å². The maximum Gasteiger partial charge on any atom is 0.257 e. The zero-order valence-corrected chi connectivity index (χ0v) is 12.7. The Hall–Kier alpha value is -1.76. The molecule has 116 valence electrons. The van der Waals surface area contributed by atoms with Gasteiger partial charge in [-0.3, -0.25) is 4.79 Å². The van der Waals surface area contributed by atoms with Crippen molar-refractivity contribution >= 4 is 15.7 Å². The predicted octanol–water partition coefficient (Wildman–Crippen LogP) is 0.625. The third kappa shape index (κ3) is 4.63. The van der Waals surface area contributed by atoms with Crippen molar-refractivity contribution in [3.8, 4) is 11.5 Å². The molecule has 1 saturated heterocycles. The summed E-state index contributed by atoms with van der Waals surface area (Å²) in [5, 5.41) is 2.70. The highest BCUT2D eigenvalue weighted by atomic mass is 32.2. The highest BCUT2D eigenvalue weighted by Gasteiger charge is 2.27. The number of nitrogens with one attached hydrogen (secondary N) is 1. The zero-order chi connectivity index (χ0) is 15.3. The summed E-state index contributed by atoms with van der Waals surface area (Å²) >= 11 is 0. The number of rotatable bonds is 6. The van der Waals surface area contributed by atoms with Gasteiger partial charge in [0.15, 0.2) is 27.9 Å². The van der Waals surface area contributed by atoms with E-state index in [0.717, 1.165) is 0 Å². The van der Waals surface area contributed by atoms with E-state index in [2.05, 4.69) is 5.32 Å². The molecule has 21 heavy (non-hydrogen) atoms. The first-order valence-electron chi connectivity index (χ1n) is 6.73. The summed E-state index contributed by atoms with van der Waals surface area (Å²) in [6.45, 7) is 0.243. The van der Waals surface area contributed by atoms with Crippen LogP contribution in [0.1, 0.15) is 6.42 Å². The summed E-state index contributed by atoms with van der Waals surface area (Å²) in [5.74, 6) is 1.16. The van der Waals surface area contributed by atoms with E-state index in [4.69, 9.17) is 9.47 Å². The Balaban J connectivity index is 1.75. The van der Waals surface area contributed by atoms with Crippen molar-refractivity contribution in [2.45, 2.75) is 6.42 Å². The van der Waals surface area contributed by atoms with E-state index in [1.807, 2.05) is 6.07 Å². The predicted molar refractivity (Wildman–Crippen MR) is 78.3 cm³/mol. The van der Waals surface area contributed by atoms with Crippen molar-refractivity contribution in [3.05, 3.63) is 24.3 Å². The zero-order valence-electron chi connectivity index (χ0n) is 11.9. The van der Waals surface area contributed by atoms with Crippen molar-refractivity contribution < 1.29 is 22.7 Å². The molecule has 0 radical (unpaired) electrons. The number of amides is 1. The third-order valence-electron chi connectivity index (χ3n) is 3.34. The highest BCUT2D eigenvalue weighted by molar-refractivity contribution is 7.91. The summed E-state index contributed by atoms with van der Waals surface area (Å²) in [4.78, 5) is 11.7. The molecule has 1 fully saturated rings. The molecule has 1 amide bonds. The lowest BCUT2D eigenvalue weighted by molar-refractivity contribution is -0.123. The lowest BCUT2D eigenvalue weighted by Gasteiger charge is -2.12. The molecule has 1 heterocycles. The first-order valence-corrected chi connectivity index (χ1v) is 8.55. The number of sulfone groups is 1. The lowest BCUT2D eigenvalue weighted by Crippen LogP contribution is -2.33. The van der Waals surface area contributed by atoms with E-state index < -0.39 is 9.84 Å². The smallest absolute Gasteiger partial charge is 0.257 e. The van der Waals surface area contributed by atoms with Crippen molar-refractivity contribution in [3.63, 3.8) is 0 Å². The van der Waals surface area contributed by atoms with E-state index in [9.17, 15) is 13.2 Å². The number of carbonyl (C=O) groups excluding carboxylic acids is 1. The Bertz CT molecular complexity index is 599. The number of methoxy groups -OCH3 is 1. The van der Waals surface area contributed by atoms with Crippen LogP contribution in [0.25, 0.3) is 0 Å². The lowest BCUT2D eigenvalue weighted by atomic mass is 10.1. The van der Waals surface area contributed by atoms with Crippen LogP contribution in [0.2, 0.25) is 0 Å². The molecule has 0 bridgehead atoms. The molecule has 1 aromatic carbocycles. The minimum Gasteiger partial charge on any atom is -0.493 e. The topological polar surface area (TPSA) is 81.7 Å². The molecule has 7 heteroatoms. The first-order chi connectivity index (χ1) is 10.00. The first kappa shape index (κ1) is 15.6. The van der Waals surface area contributed by atoms with Gasteiger partial charge in [0, 0.05) is 6.54 Å². The van der Waals surface area contributed by atoms with Crippen LogP contribution in [-0.4, -0.2) is 46.1 Å². The molecule has 1 aliphatic rings. The van der Waals surface area contributed by atoms with Gasteiger partial charge in [-0.2, -0.15) is 0 Å². The molecule has 1 atom stereocenters. The minimum atomic E-state index is -2.91. The van der Waals surface area contributed by atoms with E-state index >= 15 is 0 Å². The average molecular weight is 313 g/mol. The molecular weight excluding hydrogens is 294 g/mol. The largest absolute Gasteiger partial charge is 0.493 e. The Morgan fingerprint density at radius 3 is 2.67 bits per heavy atom. The molecule has 0 spiro atoms. The number of para-hydroxylation sites is 2. The second-order valence-electron chi connectivity index (χ2n) is 5.01. The molecule has 1 N–H and O–H groups in total. The summed E-state index contributed by atoms with van der Waals surface area (Å²) in [7, 11) is -1.38. The summed E-state index contributed by atoms with van der Waals surface area (Å²) in [5.41, 5.74) is 0. The van der Waals surface area contributed by atoms with Crippen molar-refractivity contribution in [1.82, 2.24) is 5.32 Å². The molecule has 6 nitrogen and oxygen atoms in total. The highest BCUT2D eigenvalue weighted by Crippen LogP contribution is 2.25. The maximum absolute atomic E-state index is 11.7. The van der Waals surface area contributed by atoms with Gasteiger partial charge in [-0.15, -0.1) is 0 Å². The number of carbonyl (C=O) groups is 1. The summed E-state index contributed by atoms with van der Waals surface area (Å²) in [6, 6.07) is 7.07. The molecular formula is C14H19NO5S. The monoisotopic (exact) mass is 313 g/mol. The molecule has 0 unspecified atom stereocenters. The fraction of sp³-hybridized carbons (Fsp3) is 0.500. The van der Waals surface area contributed by atoms with Gasteiger partial charge in [-0.25, -0.2) is 8.42 Å². The number of benzene rings is 1. The van der Waals surface area contributed by atoms with Crippen LogP contribution >= 0.6 is 0 Å². The quantitative estimate of drug-likeness (QED) is 0.833. The van der Waals surface area contributed by atoms with E-state index in [0.29, 0.717) is 24.5 Å². The Morgan fingerprint density at radius 2 is 2.05 bits per heavy atom. The second kappa shape index (κ2) is 6.80. The third-order valence-corrected chi connectivity index (χ3v) is 5.18. The van der Waals surface area contributed by atoms with Gasteiger partial charge < -0.3 is 14.8 Å². The van der Waals surface area contributed by atoms with Gasteiger partial charge in [-0.1, -0.05) is 12.1 Å². The molecule has 0 aromatic heterocycles. The Kier molecular flexibility index (Phi) is 5.06. The number of hydrogen-bond donors (Lipinski definition) is 1. The molecule has 0 saturated carbocycles. The van der Waals surface area contributed by atoms with Crippen molar-refractivity contribution in [1.29, 1.82) is 0 Å². The summed E-state index contributed by atoms with van der Waals surface area (Å²) in [6.07, 6.45) is 0.607. The Morgan fingerprint density at radius 1 is 1.33 bits per heavy atom. The SMILES string of the molecule is COc1ccccc1OCC(=O)NC[C@H]1CCS(=O)(=O)C1. The maximum atomic E-state index is 11.7. The number of hydrogen-bond acceptors (Lipinski definition) is 5. The van der Waals surface area contributed by atoms with Crippen LogP contribution in [0.5, 0.6) is 11.5 Å². The van der Waals surface area contributed by atoms with Crippen LogP contribution in [-0.2, 0) is 14.6 Å². The average Bonchev–Trinajstić information content (AvgIpc) is 2.82. The molecule has 0 aliphatic carbocycles. The van der Waals surface area contributed by atoms with Gasteiger partial charge in [0.05, 0.1) is 18.6 Å². The normalized spacial score (nSPS) is 20.0. The Labute approximate surface area is 124 Å². The van der Waals surface area contributed by atoms with Crippen LogP contribution in [0.15, 0.2) is 24.3 Å². The van der Waals surface area contributed by atoms with Crippen LogP contribution in [0, 0.1) is 5.92 Å². The van der Waals surface area contributed by atoms with Gasteiger partial charge in [0.25, 0.3) is 5.91 Å². The van der Waals surface area contributed by atoms with Gasteiger partial charge in [0.2, 0.25) is 0 Å². The number of ether oxygens (including phenoxy) is 2.